The molecular weight excluding hydrogens is 428 g/mol. The second-order valence-electron chi connectivity index (χ2n) is 7.60. The molecule has 1 amide bonds. The van der Waals surface area contributed by atoms with Crippen molar-refractivity contribution in [3.8, 4) is 5.69 Å². The highest BCUT2D eigenvalue weighted by Crippen LogP contribution is 2.27. The zero-order valence-electron chi connectivity index (χ0n) is 17.7. The van der Waals surface area contributed by atoms with Crippen LogP contribution in [0.5, 0.6) is 0 Å². The Morgan fingerprint density at radius 2 is 1.88 bits per heavy atom. The Balaban J connectivity index is 1.49. The third-order valence-corrected chi connectivity index (χ3v) is 6.32. The largest absolute Gasteiger partial charge is 0.325 e. The molecule has 1 aromatic heterocycles. The van der Waals surface area contributed by atoms with Crippen molar-refractivity contribution < 1.29 is 9.72 Å². The molecule has 166 valence electrons. The van der Waals surface area contributed by atoms with Gasteiger partial charge in [0.2, 0.25) is 5.91 Å². The van der Waals surface area contributed by atoms with Gasteiger partial charge in [0.1, 0.15) is 0 Å². The lowest BCUT2D eigenvalue weighted by atomic mass is 10.1. The van der Waals surface area contributed by atoms with Gasteiger partial charge in [-0.1, -0.05) is 36.0 Å². The van der Waals surface area contributed by atoms with Crippen LogP contribution in [0.15, 0.2) is 53.7 Å². The number of amides is 1. The number of thioether (sulfide) groups is 1. The van der Waals surface area contributed by atoms with Crippen molar-refractivity contribution in [2.75, 3.05) is 24.2 Å². The summed E-state index contributed by atoms with van der Waals surface area (Å²) < 4.78 is 1.99. The van der Waals surface area contributed by atoms with Crippen LogP contribution >= 0.6 is 11.8 Å². The summed E-state index contributed by atoms with van der Waals surface area (Å²) in [4.78, 5) is 25.6. The minimum Gasteiger partial charge on any atom is -0.325 e. The lowest BCUT2D eigenvalue weighted by Gasteiger charge is -2.16. The van der Waals surface area contributed by atoms with Gasteiger partial charge in [-0.05, 0) is 51.1 Å². The first kappa shape index (κ1) is 22.0. The first-order valence-corrected chi connectivity index (χ1v) is 11.4. The summed E-state index contributed by atoms with van der Waals surface area (Å²) in [5.74, 6) is 0.689. The Hall–Kier alpha value is -3.24. The lowest BCUT2D eigenvalue weighted by Crippen LogP contribution is -2.21. The fraction of sp³-hybridized carbons (Fsp3) is 0.318. The molecule has 2 aromatic carbocycles. The summed E-state index contributed by atoms with van der Waals surface area (Å²) >= 11 is 1.29. The zero-order chi connectivity index (χ0) is 22.5. The average molecular weight is 453 g/mol. The van der Waals surface area contributed by atoms with E-state index in [-0.39, 0.29) is 17.3 Å². The number of hydrogen-bond donors (Lipinski definition) is 1. The molecule has 0 saturated carbocycles. The Kier molecular flexibility index (Phi) is 6.81. The number of aromatic nitrogens is 3. The van der Waals surface area contributed by atoms with Crippen LogP contribution in [0.1, 0.15) is 24.2 Å². The Morgan fingerprint density at radius 1 is 1.12 bits per heavy atom. The van der Waals surface area contributed by atoms with Crippen molar-refractivity contribution in [1.82, 2.24) is 19.7 Å². The number of likely N-dealkylation sites (tertiary alicyclic amines) is 1. The number of nitro benzene ring substituents is 1. The normalized spacial score (nSPS) is 13.9. The maximum Gasteiger partial charge on any atom is 0.274 e. The summed E-state index contributed by atoms with van der Waals surface area (Å²) in [5, 5.41) is 23.3. The molecule has 0 bridgehead atoms. The van der Waals surface area contributed by atoms with E-state index in [1.54, 1.807) is 19.1 Å². The van der Waals surface area contributed by atoms with Gasteiger partial charge >= 0.3 is 0 Å². The fourth-order valence-corrected chi connectivity index (χ4v) is 4.52. The number of rotatable bonds is 8. The Labute approximate surface area is 190 Å². The predicted molar refractivity (Wildman–Crippen MR) is 123 cm³/mol. The van der Waals surface area contributed by atoms with Gasteiger partial charge in [0.15, 0.2) is 11.0 Å². The molecule has 0 spiro atoms. The van der Waals surface area contributed by atoms with Crippen LogP contribution in [-0.4, -0.2) is 49.3 Å². The maximum absolute atomic E-state index is 12.6. The summed E-state index contributed by atoms with van der Waals surface area (Å²) in [7, 11) is 0. The standard InChI is InChI=1S/C22H24N6O3S/c1-16-18(10-7-11-19(16)28(30)31)23-21(29)15-32-22-25-24-20(14-26-12-5-6-13-26)27(22)17-8-3-2-4-9-17/h2-4,7-11H,5-6,12-15H2,1H3,(H,23,29). The van der Waals surface area contributed by atoms with Gasteiger partial charge < -0.3 is 5.32 Å². The van der Waals surface area contributed by atoms with Crippen molar-refractivity contribution >= 4 is 29.0 Å². The van der Waals surface area contributed by atoms with Gasteiger partial charge in [-0.15, -0.1) is 10.2 Å². The van der Waals surface area contributed by atoms with Crippen LogP contribution in [0, 0.1) is 17.0 Å². The highest BCUT2D eigenvalue weighted by Gasteiger charge is 2.20. The zero-order valence-corrected chi connectivity index (χ0v) is 18.5. The molecular formula is C22H24N6O3S. The second-order valence-corrected chi connectivity index (χ2v) is 8.54. The van der Waals surface area contributed by atoms with Crippen molar-refractivity contribution in [1.29, 1.82) is 0 Å². The topological polar surface area (TPSA) is 106 Å². The number of hydrogen-bond acceptors (Lipinski definition) is 7. The molecule has 10 heteroatoms. The van der Waals surface area contributed by atoms with E-state index in [0.29, 0.717) is 23.0 Å². The van der Waals surface area contributed by atoms with E-state index in [1.807, 2.05) is 34.9 Å². The van der Waals surface area contributed by atoms with Gasteiger partial charge in [-0.3, -0.25) is 24.4 Å². The highest BCUT2D eigenvalue weighted by atomic mass is 32.2. The number of carbonyl (C=O) groups excluding carboxylic acids is 1. The smallest absolute Gasteiger partial charge is 0.274 e. The second kappa shape index (κ2) is 9.92. The number of benzene rings is 2. The van der Waals surface area contributed by atoms with Crippen LogP contribution < -0.4 is 5.32 Å². The highest BCUT2D eigenvalue weighted by molar-refractivity contribution is 7.99. The number of para-hydroxylation sites is 1. The Bertz CT molecular complexity index is 1110. The van der Waals surface area contributed by atoms with Crippen LogP contribution in [0.25, 0.3) is 5.69 Å². The molecule has 1 aliphatic heterocycles. The molecule has 4 rings (SSSR count). The molecule has 0 radical (unpaired) electrons. The summed E-state index contributed by atoms with van der Waals surface area (Å²) in [6.07, 6.45) is 2.39. The van der Waals surface area contributed by atoms with Gasteiger partial charge in [0.05, 0.1) is 28.5 Å². The molecule has 32 heavy (non-hydrogen) atoms. The molecule has 0 unspecified atom stereocenters. The lowest BCUT2D eigenvalue weighted by molar-refractivity contribution is -0.385. The molecule has 0 atom stereocenters. The number of carbonyl (C=O) groups is 1. The first-order valence-electron chi connectivity index (χ1n) is 10.4. The van der Waals surface area contributed by atoms with E-state index >= 15 is 0 Å². The summed E-state index contributed by atoms with van der Waals surface area (Å²) in [6.45, 7) is 4.43. The van der Waals surface area contributed by atoms with E-state index in [1.165, 1.54) is 30.7 Å². The summed E-state index contributed by atoms with van der Waals surface area (Å²) in [6, 6.07) is 14.5. The number of nitrogens with one attached hydrogen (secondary N) is 1. The SMILES string of the molecule is Cc1c(NC(=O)CSc2nnc(CN3CCCC3)n2-c2ccccc2)cccc1[N+](=O)[O-]. The molecule has 0 aliphatic carbocycles. The predicted octanol–water partition coefficient (Wildman–Crippen LogP) is 3.81. The van der Waals surface area contributed by atoms with Crippen LogP contribution in [0.2, 0.25) is 0 Å². The quantitative estimate of drug-likeness (QED) is 0.315. The third-order valence-electron chi connectivity index (χ3n) is 5.39. The number of nitro groups is 1. The molecule has 1 N–H and O–H groups in total. The van der Waals surface area contributed by atoms with Crippen molar-refractivity contribution in [2.24, 2.45) is 0 Å². The maximum atomic E-state index is 12.6. The first-order chi connectivity index (χ1) is 15.5. The van der Waals surface area contributed by atoms with Crippen molar-refractivity contribution in [2.45, 2.75) is 31.5 Å². The van der Waals surface area contributed by atoms with Gasteiger partial charge in [0, 0.05) is 11.8 Å². The minimum atomic E-state index is -0.454. The Morgan fingerprint density at radius 3 is 2.59 bits per heavy atom. The minimum absolute atomic E-state index is 0.0224. The van der Waals surface area contributed by atoms with E-state index in [0.717, 1.165) is 24.6 Å². The van der Waals surface area contributed by atoms with E-state index in [2.05, 4.69) is 20.4 Å². The summed E-state index contributed by atoms with van der Waals surface area (Å²) in [5.41, 5.74) is 1.79. The van der Waals surface area contributed by atoms with Gasteiger partial charge in [-0.25, -0.2) is 0 Å². The monoisotopic (exact) mass is 452 g/mol. The van der Waals surface area contributed by atoms with E-state index in [9.17, 15) is 14.9 Å². The molecule has 1 fully saturated rings. The molecule has 2 heterocycles. The van der Waals surface area contributed by atoms with Crippen LogP contribution in [0.4, 0.5) is 11.4 Å². The molecule has 1 saturated heterocycles. The third kappa shape index (κ3) is 4.97. The van der Waals surface area contributed by atoms with Crippen molar-refractivity contribution in [3.63, 3.8) is 0 Å². The molecule has 3 aromatic rings. The molecule has 1 aliphatic rings. The van der Waals surface area contributed by atoms with Crippen LogP contribution in [0.3, 0.4) is 0 Å². The number of nitrogens with zero attached hydrogens (tertiary/aromatic N) is 5. The van der Waals surface area contributed by atoms with Crippen LogP contribution in [-0.2, 0) is 11.3 Å². The van der Waals surface area contributed by atoms with Gasteiger partial charge in [-0.2, -0.15) is 0 Å². The van der Waals surface area contributed by atoms with E-state index in [4.69, 9.17) is 0 Å². The fourth-order valence-electron chi connectivity index (χ4n) is 3.75. The average Bonchev–Trinajstić information content (AvgIpc) is 3.44. The van der Waals surface area contributed by atoms with Gasteiger partial charge in [0.25, 0.3) is 5.69 Å². The number of anilines is 1. The molecule has 9 nitrogen and oxygen atoms in total. The van der Waals surface area contributed by atoms with Crippen molar-refractivity contribution in [3.05, 3.63) is 70.0 Å². The van der Waals surface area contributed by atoms with E-state index < -0.39 is 4.92 Å².